The predicted molar refractivity (Wildman–Crippen MR) is 113 cm³/mol. The summed E-state index contributed by atoms with van der Waals surface area (Å²) in [7, 11) is 1.62. The second-order valence-corrected chi connectivity index (χ2v) is 8.01. The number of aromatic nitrogens is 4. The number of hydrogen-bond donors (Lipinski definition) is 0. The molecule has 0 aromatic carbocycles. The van der Waals surface area contributed by atoms with E-state index in [1.54, 1.807) is 18.0 Å². The number of ether oxygens (including phenoxy) is 3. The van der Waals surface area contributed by atoms with Gasteiger partial charge in [-0.25, -0.2) is 4.39 Å². The minimum absolute atomic E-state index is 0.0403. The lowest BCUT2D eigenvalue weighted by Crippen LogP contribution is -2.36. The monoisotopic (exact) mass is 427 g/mol. The molecule has 2 aliphatic rings. The highest BCUT2D eigenvalue weighted by Gasteiger charge is 2.26. The second-order valence-electron chi connectivity index (χ2n) is 8.01. The zero-order valence-electron chi connectivity index (χ0n) is 17.5. The number of morpholine rings is 1. The first-order valence-corrected chi connectivity index (χ1v) is 10.7. The largest absolute Gasteiger partial charge is 0.495 e. The molecule has 0 amide bonds. The van der Waals surface area contributed by atoms with Crippen LogP contribution < -0.4 is 14.4 Å². The van der Waals surface area contributed by atoms with Gasteiger partial charge in [0.1, 0.15) is 17.7 Å². The molecule has 4 heterocycles. The summed E-state index contributed by atoms with van der Waals surface area (Å²) in [4.78, 5) is 11.6. The molecule has 0 unspecified atom stereocenters. The molecule has 2 fully saturated rings. The van der Waals surface area contributed by atoms with Gasteiger partial charge in [0, 0.05) is 19.2 Å². The summed E-state index contributed by atoms with van der Waals surface area (Å²) in [6.45, 7) is 2.95. The standard InChI is InChI=1S/C22H26FN5O3/c1-29-18-10-19-20(24-13-18)11-21(27-6-8-30-9-7-27)26-22(19)31-17-4-2-16(3-5-17)28-14-15(23)12-25-28/h10-14,16-17H,2-9H2,1H3. The van der Waals surface area contributed by atoms with E-state index in [0.717, 1.165) is 55.5 Å². The number of pyridine rings is 2. The average molecular weight is 427 g/mol. The van der Waals surface area contributed by atoms with Crippen LogP contribution in [0.4, 0.5) is 10.2 Å². The smallest absolute Gasteiger partial charge is 0.225 e. The van der Waals surface area contributed by atoms with Crippen LogP contribution in [0.5, 0.6) is 11.6 Å². The molecule has 164 valence electrons. The molecule has 8 nitrogen and oxygen atoms in total. The number of anilines is 1. The Morgan fingerprint density at radius 2 is 1.90 bits per heavy atom. The Kier molecular flexibility index (Phi) is 5.59. The molecule has 1 aliphatic heterocycles. The van der Waals surface area contributed by atoms with Crippen LogP contribution in [0.3, 0.4) is 0 Å². The molecule has 9 heteroatoms. The number of hydrogen-bond acceptors (Lipinski definition) is 7. The molecule has 0 radical (unpaired) electrons. The van der Waals surface area contributed by atoms with Crippen molar-refractivity contribution in [3.63, 3.8) is 0 Å². The summed E-state index contributed by atoms with van der Waals surface area (Å²) in [6, 6.07) is 4.12. The average Bonchev–Trinajstić information content (AvgIpc) is 3.26. The predicted octanol–water partition coefficient (Wildman–Crippen LogP) is 3.37. The zero-order chi connectivity index (χ0) is 21.2. The van der Waals surface area contributed by atoms with E-state index >= 15 is 0 Å². The van der Waals surface area contributed by atoms with E-state index in [4.69, 9.17) is 19.2 Å². The Bertz CT molecular complexity index is 1040. The number of rotatable bonds is 5. The SMILES string of the molecule is COc1cnc2cc(N3CCOCC3)nc(OC3CCC(n4cc(F)cn4)CC3)c2c1. The van der Waals surface area contributed by atoms with E-state index in [-0.39, 0.29) is 18.0 Å². The lowest BCUT2D eigenvalue weighted by atomic mass is 9.93. The van der Waals surface area contributed by atoms with Crippen LogP contribution in [0, 0.1) is 5.82 Å². The first-order valence-electron chi connectivity index (χ1n) is 10.7. The van der Waals surface area contributed by atoms with Crippen molar-refractivity contribution in [2.45, 2.75) is 37.8 Å². The van der Waals surface area contributed by atoms with Crippen LogP contribution in [-0.2, 0) is 4.74 Å². The van der Waals surface area contributed by atoms with Gasteiger partial charge in [-0.05, 0) is 31.7 Å². The van der Waals surface area contributed by atoms with Crippen LogP contribution in [-0.4, -0.2) is 59.3 Å². The van der Waals surface area contributed by atoms with Crippen molar-refractivity contribution in [2.24, 2.45) is 0 Å². The Morgan fingerprint density at radius 3 is 2.61 bits per heavy atom. The van der Waals surface area contributed by atoms with Crippen LogP contribution in [0.2, 0.25) is 0 Å². The van der Waals surface area contributed by atoms with Gasteiger partial charge in [-0.3, -0.25) is 9.67 Å². The number of halogens is 1. The number of nitrogens with zero attached hydrogens (tertiary/aromatic N) is 5. The first-order chi connectivity index (χ1) is 15.2. The molecular formula is C22H26FN5O3. The molecular weight excluding hydrogens is 401 g/mol. The van der Waals surface area contributed by atoms with E-state index in [1.165, 1.54) is 12.4 Å². The summed E-state index contributed by atoms with van der Waals surface area (Å²) in [5, 5.41) is 4.96. The van der Waals surface area contributed by atoms with Crippen LogP contribution in [0.25, 0.3) is 10.9 Å². The van der Waals surface area contributed by atoms with Gasteiger partial charge in [-0.15, -0.1) is 0 Å². The van der Waals surface area contributed by atoms with E-state index < -0.39 is 0 Å². The van der Waals surface area contributed by atoms with E-state index in [2.05, 4.69) is 15.0 Å². The molecule has 5 rings (SSSR count). The van der Waals surface area contributed by atoms with Gasteiger partial charge in [0.05, 0.1) is 55.9 Å². The Balaban J connectivity index is 1.38. The molecule has 3 aromatic rings. The third kappa shape index (κ3) is 4.27. The van der Waals surface area contributed by atoms with Crippen molar-refractivity contribution < 1.29 is 18.6 Å². The molecule has 1 saturated heterocycles. The summed E-state index contributed by atoms with van der Waals surface area (Å²) in [5.41, 5.74) is 0.827. The minimum Gasteiger partial charge on any atom is -0.495 e. The van der Waals surface area contributed by atoms with Crippen LogP contribution >= 0.6 is 0 Å². The highest BCUT2D eigenvalue weighted by Crippen LogP contribution is 2.34. The van der Waals surface area contributed by atoms with Crippen molar-refractivity contribution in [3.05, 3.63) is 36.5 Å². The van der Waals surface area contributed by atoms with E-state index in [0.29, 0.717) is 24.8 Å². The Hall–Kier alpha value is -2.94. The van der Waals surface area contributed by atoms with Gasteiger partial charge >= 0.3 is 0 Å². The second kappa shape index (κ2) is 8.66. The zero-order valence-corrected chi connectivity index (χ0v) is 17.5. The van der Waals surface area contributed by atoms with Crippen LogP contribution in [0.1, 0.15) is 31.7 Å². The Morgan fingerprint density at radius 1 is 1.10 bits per heavy atom. The molecule has 1 saturated carbocycles. The van der Waals surface area contributed by atoms with Crippen molar-refractivity contribution >= 4 is 16.7 Å². The molecule has 31 heavy (non-hydrogen) atoms. The Labute approximate surface area is 179 Å². The molecule has 0 bridgehead atoms. The minimum atomic E-state index is -0.296. The molecule has 3 aromatic heterocycles. The molecule has 0 spiro atoms. The lowest BCUT2D eigenvalue weighted by molar-refractivity contribution is 0.120. The summed E-state index contributed by atoms with van der Waals surface area (Å²) in [6.07, 6.45) is 7.95. The first kappa shape index (κ1) is 20.0. The fourth-order valence-corrected chi connectivity index (χ4v) is 4.32. The maximum absolute atomic E-state index is 13.3. The molecule has 0 atom stereocenters. The summed E-state index contributed by atoms with van der Waals surface area (Å²) in [5.74, 6) is 1.81. The van der Waals surface area contributed by atoms with Gasteiger partial charge < -0.3 is 19.1 Å². The highest BCUT2D eigenvalue weighted by atomic mass is 19.1. The van der Waals surface area contributed by atoms with Crippen molar-refractivity contribution in [1.82, 2.24) is 19.7 Å². The third-order valence-corrected chi connectivity index (χ3v) is 6.04. The van der Waals surface area contributed by atoms with Gasteiger partial charge in [-0.2, -0.15) is 10.1 Å². The van der Waals surface area contributed by atoms with Gasteiger partial charge in [0.15, 0.2) is 5.82 Å². The number of methoxy groups -OCH3 is 1. The quantitative estimate of drug-likeness (QED) is 0.618. The van der Waals surface area contributed by atoms with Crippen molar-refractivity contribution in [1.29, 1.82) is 0 Å². The normalized spacial score (nSPS) is 21.9. The lowest BCUT2D eigenvalue weighted by Gasteiger charge is -2.30. The topological polar surface area (TPSA) is 74.5 Å². The van der Waals surface area contributed by atoms with E-state index in [9.17, 15) is 4.39 Å². The maximum Gasteiger partial charge on any atom is 0.225 e. The van der Waals surface area contributed by atoms with Gasteiger partial charge in [-0.1, -0.05) is 0 Å². The summed E-state index contributed by atoms with van der Waals surface area (Å²) < 4.78 is 32.3. The van der Waals surface area contributed by atoms with Crippen molar-refractivity contribution in [3.8, 4) is 11.6 Å². The fourth-order valence-electron chi connectivity index (χ4n) is 4.32. The number of fused-ring (bicyclic) bond motifs is 1. The highest BCUT2D eigenvalue weighted by molar-refractivity contribution is 5.87. The maximum atomic E-state index is 13.3. The summed E-state index contributed by atoms with van der Waals surface area (Å²) >= 11 is 0. The van der Waals surface area contributed by atoms with E-state index in [1.807, 2.05) is 12.1 Å². The van der Waals surface area contributed by atoms with Gasteiger partial charge in [0.25, 0.3) is 0 Å². The molecule has 1 aliphatic carbocycles. The third-order valence-electron chi connectivity index (χ3n) is 6.04. The fraction of sp³-hybridized carbons (Fsp3) is 0.500. The van der Waals surface area contributed by atoms with Crippen molar-refractivity contribution in [2.75, 3.05) is 38.3 Å². The van der Waals surface area contributed by atoms with Crippen LogP contribution in [0.15, 0.2) is 30.7 Å². The molecule has 0 N–H and O–H groups in total. The van der Waals surface area contributed by atoms with Gasteiger partial charge in [0.2, 0.25) is 5.88 Å².